The predicted molar refractivity (Wildman–Crippen MR) is 67.1 cm³/mol. The van der Waals surface area contributed by atoms with Gasteiger partial charge < -0.3 is 10.1 Å². The van der Waals surface area contributed by atoms with E-state index in [0.29, 0.717) is 6.61 Å². The first-order valence-electron chi connectivity index (χ1n) is 5.17. The molecule has 0 radical (unpaired) electrons. The fraction of sp³-hybridized carbons (Fsp3) is 0.455. The van der Waals surface area contributed by atoms with Crippen LogP contribution in [-0.4, -0.2) is 29.7 Å². The standard InChI is InChI=1S/C11H15N3OS/c1-7(5-15-3)14-10-9-4-8(2)16-11(9)13-6-12-10/h4,6-7H,5H2,1-3H3,(H,12,13,14). The molecule has 2 aromatic heterocycles. The number of methoxy groups -OCH3 is 1. The number of anilines is 1. The minimum atomic E-state index is 0.239. The first-order chi connectivity index (χ1) is 7.70. The van der Waals surface area contributed by atoms with Gasteiger partial charge in [-0.25, -0.2) is 9.97 Å². The minimum Gasteiger partial charge on any atom is -0.383 e. The lowest BCUT2D eigenvalue weighted by Gasteiger charge is -2.13. The van der Waals surface area contributed by atoms with Crippen LogP contribution in [0.15, 0.2) is 12.4 Å². The number of ether oxygens (including phenoxy) is 1. The lowest BCUT2D eigenvalue weighted by atomic mass is 10.3. The molecule has 0 bridgehead atoms. The maximum Gasteiger partial charge on any atom is 0.138 e. The van der Waals surface area contributed by atoms with Gasteiger partial charge in [0.25, 0.3) is 0 Å². The van der Waals surface area contributed by atoms with Crippen LogP contribution in [-0.2, 0) is 4.74 Å². The molecule has 0 amide bonds. The zero-order valence-corrected chi connectivity index (χ0v) is 10.5. The van der Waals surface area contributed by atoms with Gasteiger partial charge in [0.2, 0.25) is 0 Å². The van der Waals surface area contributed by atoms with Crippen LogP contribution in [0.25, 0.3) is 10.2 Å². The first-order valence-corrected chi connectivity index (χ1v) is 5.99. The van der Waals surface area contributed by atoms with Gasteiger partial charge >= 0.3 is 0 Å². The van der Waals surface area contributed by atoms with Crippen LogP contribution in [0.3, 0.4) is 0 Å². The van der Waals surface area contributed by atoms with E-state index in [1.807, 2.05) is 0 Å². The molecule has 0 saturated carbocycles. The molecular formula is C11H15N3OS. The fourth-order valence-electron chi connectivity index (χ4n) is 1.62. The smallest absolute Gasteiger partial charge is 0.138 e. The Labute approximate surface area is 98.7 Å². The molecule has 4 nitrogen and oxygen atoms in total. The van der Waals surface area contributed by atoms with Crippen LogP contribution >= 0.6 is 11.3 Å². The maximum atomic E-state index is 5.09. The Bertz CT molecular complexity index is 483. The number of nitrogens with zero attached hydrogens (tertiary/aromatic N) is 2. The molecular weight excluding hydrogens is 222 g/mol. The molecule has 0 spiro atoms. The second-order valence-electron chi connectivity index (χ2n) is 3.80. The number of aromatic nitrogens is 2. The Morgan fingerprint density at radius 3 is 3.06 bits per heavy atom. The Hall–Kier alpha value is -1.20. The van der Waals surface area contributed by atoms with Gasteiger partial charge in [0, 0.05) is 18.0 Å². The van der Waals surface area contributed by atoms with Crippen molar-refractivity contribution in [3.8, 4) is 0 Å². The molecule has 1 N–H and O–H groups in total. The van der Waals surface area contributed by atoms with Crippen molar-refractivity contribution in [2.24, 2.45) is 0 Å². The van der Waals surface area contributed by atoms with Gasteiger partial charge in [-0.2, -0.15) is 0 Å². The molecule has 0 aliphatic heterocycles. The highest BCUT2D eigenvalue weighted by atomic mass is 32.1. The number of hydrogen-bond acceptors (Lipinski definition) is 5. The van der Waals surface area contributed by atoms with Crippen LogP contribution in [0, 0.1) is 6.92 Å². The van der Waals surface area contributed by atoms with Crippen molar-refractivity contribution in [1.82, 2.24) is 9.97 Å². The van der Waals surface area contributed by atoms with Crippen molar-refractivity contribution < 1.29 is 4.74 Å². The number of fused-ring (bicyclic) bond motifs is 1. The summed E-state index contributed by atoms with van der Waals surface area (Å²) in [6, 6.07) is 2.35. The topological polar surface area (TPSA) is 47.0 Å². The Kier molecular flexibility index (Phi) is 3.36. The average Bonchev–Trinajstić information content (AvgIpc) is 2.60. The lowest BCUT2D eigenvalue weighted by Crippen LogP contribution is -2.21. The van der Waals surface area contributed by atoms with Crippen molar-refractivity contribution in [3.05, 3.63) is 17.3 Å². The molecule has 0 aliphatic carbocycles. The van der Waals surface area contributed by atoms with E-state index in [1.54, 1.807) is 24.8 Å². The number of rotatable bonds is 4. The van der Waals surface area contributed by atoms with Gasteiger partial charge in [0.05, 0.1) is 12.0 Å². The van der Waals surface area contributed by atoms with E-state index in [2.05, 4.69) is 35.2 Å². The van der Waals surface area contributed by atoms with Crippen molar-refractivity contribution >= 4 is 27.4 Å². The monoisotopic (exact) mass is 237 g/mol. The third-order valence-corrected chi connectivity index (χ3v) is 3.21. The van der Waals surface area contributed by atoms with Crippen LogP contribution in [0.4, 0.5) is 5.82 Å². The third-order valence-electron chi connectivity index (χ3n) is 2.25. The number of hydrogen-bond donors (Lipinski definition) is 1. The van der Waals surface area contributed by atoms with Crippen LogP contribution in [0.5, 0.6) is 0 Å². The van der Waals surface area contributed by atoms with Crippen LogP contribution in [0.2, 0.25) is 0 Å². The van der Waals surface area contributed by atoms with Gasteiger partial charge in [0.1, 0.15) is 17.0 Å². The SMILES string of the molecule is COCC(C)Nc1ncnc2sc(C)cc12. The highest BCUT2D eigenvalue weighted by molar-refractivity contribution is 7.18. The molecule has 1 unspecified atom stereocenters. The summed E-state index contributed by atoms with van der Waals surface area (Å²) in [5, 5.41) is 4.42. The summed E-state index contributed by atoms with van der Waals surface area (Å²) in [4.78, 5) is 10.8. The van der Waals surface area contributed by atoms with Crippen molar-refractivity contribution in [2.75, 3.05) is 19.0 Å². The lowest BCUT2D eigenvalue weighted by molar-refractivity contribution is 0.190. The first kappa shape index (κ1) is 11.3. The van der Waals surface area contributed by atoms with Crippen molar-refractivity contribution in [2.45, 2.75) is 19.9 Å². The van der Waals surface area contributed by atoms with E-state index in [4.69, 9.17) is 4.74 Å². The van der Waals surface area contributed by atoms with Gasteiger partial charge in [-0.3, -0.25) is 0 Å². The van der Waals surface area contributed by atoms with Gasteiger partial charge in [0.15, 0.2) is 0 Å². The van der Waals surface area contributed by atoms with Gasteiger partial charge in [-0.15, -0.1) is 11.3 Å². The fourth-order valence-corrected chi connectivity index (χ4v) is 2.46. The highest BCUT2D eigenvalue weighted by Crippen LogP contribution is 2.27. The van der Waals surface area contributed by atoms with Crippen LogP contribution in [0.1, 0.15) is 11.8 Å². The summed E-state index contributed by atoms with van der Waals surface area (Å²) in [7, 11) is 1.70. The second kappa shape index (κ2) is 4.76. The third kappa shape index (κ3) is 2.31. The highest BCUT2D eigenvalue weighted by Gasteiger charge is 2.09. The molecule has 2 aromatic rings. The molecule has 86 valence electrons. The van der Waals surface area contributed by atoms with Gasteiger partial charge in [-0.05, 0) is 19.9 Å². The molecule has 2 rings (SSSR count). The number of nitrogens with one attached hydrogen (secondary N) is 1. The van der Waals surface area contributed by atoms with E-state index in [0.717, 1.165) is 16.0 Å². The Morgan fingerprint density at radius 2 is 2.31 bits per heavy atom. The number of thiophene rings is 1. The summed E-state index contributed by atoms with van der Waals surface area (Å²) in [5.74, 6) is 0.888. The largest absolute Gasteiger partial charge is 0.383 e. The Balaban J connectivity index is 2.29. The number of aryl methyl sites for hydroxylation is 1. The quantitative estimate of drug-likeness (QED) is 0.887. The molecule has 16 heavy (non-hydrogen) atoms. The van der Waals surface area contributed by atoms with Crippen molar-refractivity contribution in [3.63, 3.8) is 0 Å². The molecule has 0 fully saturated rings. The minimum absolute atomic E-state index is 0.239. The maximum absolute atomic E-state index is 5.09. The molecule has 0 aliphatic rings. The van der Waals surface area contributed by atoms with E-state index in [9.17, 15) is 0 Å². The summed E-state index contributed by atoms with van der Waals surface area (Å²) in [6.07, 6.45) is 1.60. The van der Waals surface area contributed by atoms with E-state index in [-0.39, 0.29) is 6.04 Å². The van der Waals surface area contributed by atoms with E-state index in [1.165, 1.54) is 4.88 Å². The normalized spacial score (nSPS) is 12.9. The van der Waals surface area contributed by atoms with Crippen LogP contribution < -0.4 is 5.32 Å². The molecule has 2 heterocycles. The zero-order chi connectivity index (χ0) is 11.5. The van der Waals surface area contributed by atoms with Gasteiger partial charge in [-0.1, -0.05) is 0 Å². The molecule has 5 heteroatoms. The zero-order valence-electron chi connectivity index (χ0n) is 9.65. The van der Waals surface area contributed by atoms with E-state index < -0.39 is 0 Å². The molecule has 0 aromatic carbocycles. The molecule has 0 saturated heterocycles. The summed E-state index contributed by atoms with van der Waals surface area (Å²) < 4.78 is 5.09. The second-order valence-corrected chi connectivity index (χ2v) is 5.03. The predicted octanol–water partition coefficient (Wildman–Crippen LogP) is 2.45. The summed E-state index contributed by atoms with van der Waals surface area (Å²) in [5.41, 5.74) is 0. The molecule has 1 atom stereocenters. The Morgan fingerprint density at radius 1 is 1.50 bits per heavy atom. The summed E-state index contributed by atoms with van der Waals surface area (Å²) >= 11 is 1.68. The van der Waals surface area contributed by atoms with Crippen molar-refractivity contribution in [1.29, 1.82) is 0 Å². The summed E-state index contributed by atoms with van der Waals surface area (Å²) in [6.45, 7) is 4.81. The van der Waals surface area contributed by atoms with E-state index >= 15 is 0 Å². The average molecular weight is 237 g/mol.